The summed E-state index contributed by atoms with van der Waals surface area (Å²) in [6.07, 6.45) is 17.4. The van der Waals surface area contributed by atoms with Gasteiger partial charge in [0.25, 0.3) is 0 Å². The van der Waals surface area contributed by atoms with Crippen LogP contribution in [0.5, 0.6) is 5.75 Å². The molecule has 1 unspecified atom stereocenters. The third-order valence-electron chi connectivity index (χ3n) is 6.68. The molecule has 1 atom stereocenters. The van der Waals surface area contributed by atoms with E-state index in [2.05, 4.69) is 25.2 Å². The largest absolute Gasteiger partial charge is 0.491 e. The molecule has 154 valence electrons. The first kappa shape index (κ1) is 21.1. The Labute approximate surface area is 168 Å². The molecule has 3 rings (SSSR count). The smallest absolute Gasteiger partial charge is 0.201 e. The average molecular weight is 389 g/mol. The molecule has 0 saturated heterocycles. The normalized spacial score (nSPS) is 25.7. The molecular formula is C25H34F2O. The van der Waals surface area contributed by atoms with E-state index >= 15 is 0 Å². The number of ether oxygens (including phenoxy) is 1. The standard InChI is InChI=1S/C25H34F2O/c1-3-5-6-7-18-8-10-19(11-9-18)20-12-14-21(15-13-20)22-16-17-23(28-4-2)25(27)24(22)26/h3,5,14,16-20H,4,6-13,15H2,1-2H3/t18-,19-,20?. The summed E-state index contributed by atoms with van der Waals surface area (Å²) in [7, 11) is 0. The fourth-order valence-corrected chi connectivity index (χ4v) is 5.02. The average Bonchev–Trinajstić information content (AvgIpc) is 2.73. The minimum absolute atomic E-state index is 0.00391. The molecule has 2 aliphatic carbocycles. The number of allylic oxidation sites excluding steroid dienone is 4. The fraction of sp³-hybridized carbons (Fsp3) is 0.600. The maximum absolute atomic E-state index is 14.5. The summed E-state index contributed by atoms with van der Waals surface area (Å²) in [5, 5.41) is 0. The summed E-state index contributed by atoms with van der Waals surface area (Å²) in [6.45, 7) is 4.19. The van der Waals surface area contributed by atoms with E-state index < -0.39 is 11.6 Å². The fourth-order valence-electron chi connectivity index (χ4n) is 5.02. The van der Waals surface area contributed by atoms with E-state index in [4.69, 9.17) is 4.74 Å². The highest BCUT2D eigenvalue weighted by molar-refractivity contribution is 5.67. The van der Waals surface area contributed by atoms with Crippen LogP contribution in [-0.2, 0) is 0 Å². The first-order chi connectivity index (χ1) is 13.6. The molecule has 3 heteroatoms. The van der Waals surface area contributed by atoms with E-state index in [-0.39, 0.29) is 5.75 Å². The lowest BCUT2D eigenvalue weighted by Gasteiger charge is -2.35. The Bertz CT molecular complexity index is 699. The lowest BCUT2D eigenvalue weighted by atomic mass is 9.70. The highest BCUT2D eigenvalue weighted by atomic mass is 19.2. The molecule has 1 aromatic carbocycles. The van der Waals surface area contributed by atoms with Crippen molar-refractivity contribution in [1.29, 1.82) is 0 Å². The Morgan fingerprint density at radius 2 is 1.82 bits per heavy atom. The van der Waals surface area contributed by atoms with Gasteiger partial charge in [0, 0.05) is 5.56 Å². The molecule has 0 amide bonds. The Balaban J connectivity index is 1.56. The van der Waals surface area contributed by atoms with Gasteiger partial charge < -0.3 is 4.74 Å². The van der Waals surface area contributed by atoms with E-state index in [0.717, 1.165) is 36.7 Å². The van der Waals surface area contributed by atoms with Gasteiger partial charge in [0.05, 0.1) is 6.61 Å². The van der Waals surface area contributed by atoms with Gasteiger partial charge in [-0.05, 0) is 94.3 Å². The van der Waals surface area contributed by atoms with Gasteiger partial charge >= 0.3 is 0 Å². The Kier molecular flexibility index (Phi) is 7.70. The summed E-state index contributed by atoms with van der Waals surface area (Å²) in [6, 6.07) is 3.23. The summed E-state index contributed by atoms with van der Waals surface area (Å²) in [4.78, 5) is 0. The number of hydrogen-bond acceptors (Lipinski definition) is 1. The van der Waals surface area contributed by atoms with Crippen molar-refractivity contribution >= 4 is 5.57 Å². The quantitative estimate of drug-likeness (QED) is 0.435. The van der Waals surface area contributed by atoms with Crippen molar-refractivity contribution in [2.75, 3.05) is 6.61 Å². The van der Waals surface area contributed by atoms with Crippen LogP contribution in [0.25, 0.3) is 5.57 Å². The predicted molar refractivity (Wildman–Crippen MR) is 112 cm³/mol. The molecule has 0 aromatic heterocycles. The molecule has 1 aromatic rings. The van der Waals surface area contributed by atoms with Crippen LogP contribution >= 0.6 is 0 Å². The zero-order chi connectivity index (χ0) is 19.9. The van der Waals surface area contributed by atoms with E-state index in [1.54, 1.807) is 19.1 Å². The first-order valence-electron chi connectivity index (χ1n) is 11.0. The van der Waals surface area contributed by atoms with Crippen molar-refractivity contribution < 1.29 is 13.5 Å². The third-order valence-corrected chi connectivity index (χ3v) is 6.68. The van der Waals surface area contributed by atoms with Crippen LogP contribution in [-0.4, -0.2) is 6.61 Å². The molecule has 0 bridgehead atoms. The van der Waals surface area contributed by atoms with Gasteiger partial charge in [-0.3, -0.25) is 0 Å². The highest BCUT2D eigenvalue weighted by Gasteiger charge is 2.29. The molecule has 28 heavy (non-hydrogen) atoms. The molecule has 1 nitrogen and oxygen atoms in total. The summed E-state index contributed by atoms with van der Waals surface area (Å²) < 4.78 is 33.8. The summed E-state index contributed by atoms with van der Waals surface area (Å²) in [5.74, 6) is 0.775. The van der Waals surface area contributed by atoms with Crippen molar-refractivity contribution in [1.82, 2.24) is 0 Å². The highest BCUT2D eigenvalue weighted by Crippen LogP contribution is 2.42. The molecule has 0 N–H and O–H groups in total. The molecule has 0 radical (unpaired) electrons. The molecule has 2 aliphatic rings. The number of rotatable bonds is 7. The van der Waals surface area contributed by atoms with E-state index in [9.17, 15) is 8.78 Å². The minimum Gasteiger partial charge on any atom is -0.491 e. The van der Waals surface area contributed by atoms with E-state index in [1.165, 1.54) is 38.5 Å². The second-order valence-corrected chi connectivity index (χ2v) is 8.36. The Hall–Kier alpha value is -1.64. The summed E-state index contributed by atoms with van der Waals surface area (Å²) >= 11 is 0. The van der Waals surface area contributed by atoms with Gasteiger partial charge in [-0.1, -0.05) is 31.1 Å². The van der Waals surface area contributed by atoms with Gasteiger partial charge in [0.2, 0.25) is 5.82 Å². The number of halogens is 2. The molecule has 0 aliphatic heterocycles. The Morgan fingerprint density at radius 1 is 1.04 bits per heavy atom. The van der Waals surface area contributed by atoms with Gasteiger partial charge in [0.15, 0.2) is 11.6 Å². The molecular weight excluding hydrogens is 354 g/mol. The second kappa shape index (κ2) is 10.2. The molecule has 0 spiro atoms. The zero-order valence-electron chi connectivity index (χ0n) is 17.4. The molecule has 0 heterocycles. The van der Waals surface area contributed by atoms with Crippen LogP contribution in [0.4, 0.5) is 8.78 Å². The maximum Gasteiger partial charge on any atom is 0.201 e. The second-order valence-electron chi connectivity index (χ2n) is 8.36. The van der Waals surface area contributed by atoms with Crippen LogP contribution in [0.15, 0.2) is 30.4 Å². The maximum atomic E-state index is 14.5. The van der Waals surface area contributed by atoms with Crippen LogP contribution in [0.3, 0.4) is 0 Å². The van der Waals surface area contributed by atoms with Gasteiger partial charge in [-0.15, -0.1) is 0 Å². The molecule has 1 saturated carbocycles. The van der Waals surface area contributed by atoms with Crippen LogP contribution in [0.2, 0.25) is 0 Å². The topological polar surface area (TPSA) is 9.23 Å². The van der Waals surface area contributed by atoms with Crippen molar-refractivity contribution in [2.45, 2.75) is 71.6 Å². The predicted octanol–water partition coefficient (Wildman–Crippen LogP) is 7.71. The number of hydrogen-bond donors (Lipinski definition) is 0. The monoisotopic (exact) mass is 388 g/mol. The van der Waals surface area contributed by atoms with Crippen molar-refractivity contribution in [3.8, 4) is 5.75 Å². The first-order valence-corrected chi connectivity index (χ1v) is 11.0. The van der Waals surface area contributed by atoms with Crippen LogP contribution in [0.1, 0.15) is 77.2 Å². The van der Waals surface area contributed by atoms with Crippen LogP contribution < -0.4 is 4.74 Å². The van der Waals surface area contributed by atoms with Crippen LogP contribution in [0, 0.1) is 29.4 Å². The summed E-state index contributed by atoms with van der Waals surface area (Å²) in [5.41, 5.74) is 1.36. The van der Waals surface area contributed by atoms with E-state index in [0.29, 0.717) is 18.1 Å². The van der Waals surface area contributed by atoms with Crippen molar-refractivity contribution in [3.05, 3.63) is 47.6 Å². The minimum atomic E-state index is -0.862. The van der Waals surface area contributed by atoms with Crippen molar-refractivity contribution in [3.63, 3.8) is 0 Å². The lowest BCUT2D eigenvalue weighted by molar-refractivity contribution is 0.190. The van der Waals surface area contributed by atoms with E-state index in [1.807, 2.05) is 0 Å². The Morgan fingerprint density at radius 3 is 2.46 bits per heavy atom. The lowest BCUT2D eigenvalue weighted by Crippen LogP contribution is -2.23. The zero-order valence-corrected chi connectivity index (χ0v) is 17.4. The molecule has 1 fully saturated rings. The third kappa shape index (κ3) is 5.04. The van der Waals surface area contributed by atoms with Gasteiger partial charge in [0.1, 0.15) is 0 Å². The SMILES string of the molecule is CC=CCC[C@H]1CC[C@H](C2CC=C(c3ccc(OCC)c(F)c3F)CC2)CC1. The van der Waals surface area contributed by atoms with Gasteiger partial charge in [-0.2, -0.15) is 4.39 Å². The number of benzene rings is 1. The van der Waals surface area contributed by atoms with Crippen molar-refractivity contribution in [2.24, 2.45) is 17.8 Å². The van der Waals surface area contributed by atoms with Gasteiger partial charge in [-0.25, -0.2) is 4.39 Å².